The Bertz CT molecular complexity index is 426. The van der Waals surface area contributed by atoms with E-state index in [0.717, 1.165) is 31.9 Å². The van der Waals surface area contributed by atoms with Gasteiger partial charge in [-0.2, -0.15) is 4.98 Å². The lowest BCUT2D eigenvalue weighted by molar-refractivity contribution is 0.222. The highest BCUT2D eigenvalue weighted by Crippen LogP contribution is 2.37. The van der Waals surface area contributed by atoms with Crippen LogP contribution in [0.5, 0.6) is 0 Å². The molecule has 0 aliphatic heterocycles. The first-order valence-electron chi connectivity index (χ1n) is 6.30. The van der Waals surface area contributed by atoms with Gasteiger partial charge in [0.05, 0.1) is 6.20 Å². The van der Waals surface area contributed by atoms with E-state index in [-0.39, 0.29) is 5.28 Å². The minimum atomic E-state index is -0.410. The highest BCUT2D eigenvalue weighted by Gasteiger charge is 2.30. The molecule has 1 aliphatic carbocycles. The third kappa shape index (κ3) is 2.91. The predicted octanol–water partition coefficient (Wildman–Crippen LogP) is 3.67. The minimum absolute atomic E-state index is 0.0920. The molecule has 1 saturated carbocycles. The number of hydrogen-bond acceptors (Lipinski definition) is 3. The van der Waals surface area contributed by atoms with Crippen LogP contribution in [-0.2, 0) is 0 Å². The number of aromatic nitrogens is 2. The van der Waals surface area contributed by atoms with Crippen molar-refractivity contribution in [3.8, 4) is 0 Å². The SMILES string of the molecule is CN(c1nc(Cl)ncc1F)C1CCC(C)(C)CC1. The molecule has 0 aromatic carbocycles. The normalized spacial score (nSPS) is 19.8. The summed E-state index contributed by atoms with van der Waals surface area (Å²) in [6, 6.07) is 0.332. The number of halogens is 2. The van der Waals surface area contributed by atoms with Crippen molar-refractivity contribution in [2.45, 2.75) is 45.6 Å². The summed E-state index contributed by atoms with van der Waals surface area (Å²) >= 11 is 5.73. The first kappa shape index (κ1) is 13.5. The minimum Gasteiger partial charge on any atom is -0.354 e. The van der Waals surface area contributed by atoms with E-state index in [9.17, 15) is 4.39 Å². The van der Waals surface area contributed by atoms with E-state index in [2.05, 4.69) is 23.8 Å². The summed E-state index contributed by atoms with van der Waals surface area (Å²) in [5.41, 5.74) is 0.402. The zero-order chi connectivity index (χ0) is 13.3. The average molecular weight is 272 g/mol. The van der Waals surface area contributed by atoms with E-state index in [0.29, 0.717) is 17.3 Å². The standard InChI is InChI=1S/C13H19ClFN3/c1-13(2)6-4-9(5-7-13)18(3)11-10(15)8-16-12(14)17-11/h8-9H,4-7H2,1-3H3. The molecule has 0 amide bonds. The van der Waals surface area contributed by atoms with Crippen molar-refractivity contribution in [3.63, 3.8) is 0 Å². The summed E-state index contributed by atoms with van der Waals surface area (Å²) < 4.78 is 13.7. The van der Waals surface area contributed by atoms with E-state index in [4.69, 9.17) is 11.6 Å². The summed E-state index contributed by atoms with van der Waals surface area (Å²) in [5, 5.41) is 0.0920. The molecule has 0 radical (unpaired) electrons. The third-order valence-corrected chi connectivity index (χ3v) is 4.07. The molecule has 1 aromatic heterocycles. The van der Waals surface area contributed by atoms with Crippen molar-refractivity contribution >= 4 is 17.4 Å². The lowest BCUT2D eigenvalue weighted by Crippen LogP contribution is -2.38. The second-order valence-corrected chi connectivity index (χ2v) is 6.15. The van der Waals surface area contributed by atoms with Crippen LogP contribution < -0.4 is 4.90 Å². The molecular weight excluding hydrogens is 253 g/mol. The highest BCUT2D eigenvalue weighted by atomic mass is 35.5. The largest absolute Gasteiger partial charge is 0.354 e. The van der Waals surface area contributed by atoms with Crippen LogP contribution in [0, 0.1) is 11.2 Å². The Labute approximate surface area is 112 Å². The number of rotatable bonds is 2. The monoisotopic (exact) mass is 271 g/mol. The second kappa shape index (κ2) is 5.00. The van der Waals surface area contributed by atoms with E-state index in [1.54, 1.807) is 0 Å². The molecular formula is C13H19ClFN3. The van der Waals surface area contributed by atoms with Gasteiger partial charge in [0.25, 0.3) is 0 Å². The zero-order valence-corrected chi connectivity index (χ0v) is 11.8. The zero-order valence-electron chi connectivity index (χ0n) is 11.1. The van der Waals surface area contributed by atoms with Crippen LogP contribution >= 0.6 is 11.6 Å². The van der Waals surface area contributed by atoms with E-state index in [1.165, 1.54) is 0 Å². The molecule has 0 bridgehead atoms. The van der Waals surface area contributed by atoms with Crippen molar-refractivity contribution in [1.29, 1.82) is 0 Å². The summed E-state index contributed by atoms with van der Waals surface area (Å²) in [5.74, 6) is -0.105. The topological polar surface area (TPSA) is 29.0 Å². The predicted molar refractivity (Wildman–Crippen MR) is 71.4 cm³/mol. The molecule has 100 valence electrons. The van der Waals surface area contributed by atoms with Crippen LogP contribution in [-0.4, -0.2) is 23.1 Å². The van der Waals surface area contributed by atoms with Gasteiger partial charge in [-0.05, 0) is 42.7 Å². The Morgan fingerprint density at radius 2 is 2.00 bits per heavy atom. The fourth-order valence-electron chi connectivity index (χ4n) is 2.53. The van der Waals surface area contributed by atoms with Gasteiger partial charge in [-0.15, -0.1) is 0 Å². The molecule has 1 heterocycles. The third-order valence-electron chi connectivity index (χ3n) is 3.89. The Hall–Kier alpha value is -0.900. The van der Waals surface area contributed by atoms with Crippen molar-refractivity contribution in [2.24, 2.45) is 5.41 Å². The first-order valence-corrected chi connectivity index (χ1v) is 6.68. The van der Waals surface area contributed by atoms with Gasteiger partial charge in [0.2, 0.25) is 5.28 Å². The molecule has 1 aliphatic rings. The number of nitrogens with zero attached hydrogens (tertiary/aromatic N) is 3. The van der Waals surface area contributed by atoms with Crippen LogP contribution in [0.1, 0.15) is 39.5 Å². The van der Waals surface area contributed by atoms with Crippen LogP contribution in [0.4, 0.5) is 10.2 Å². The molecule has 0 unspecified atom stereocenters. The Morgan fingerprint density at radius 1 is 1.39 bits per heavy atom. The van der Waals surface area contributed by atoms with Gasteiger partial charge in [-0.1, -0.05) is 13.8 Å². The van der Waals surface area contributed by atoms with Gasteiger partial charge in [-0.3, -0.25) is 0 Å². The molecule has 1 aromatic rings. The first-order chi connectivity index (χ1) is 8.39. The van der Waals surface area contributed by atoms with Gasteiger partial charge in [0, 0.05) is 13.1 Å². The number of anilines is 1. The highest BCUT2D eigenvalue weighted by molar-refractivity contribution is 6.28. The fourth-order valence-corrected chi connectivity index (χ4v) is 2.66. The Balaban J connectivity index is 2.12. The molecule has 2 rings (SSSR count). The van der Waals surface area contributed by atoms with Gasteiger partial charge in [-0.25, -0.2) is 9.37 Å². The molecule has 0 N–H and O–H groups in total. The van der Waals surface area contributed by atoms with Crippen LogP contribution in [0.25, 0.3) is 0 Å². The molecule has 1 fully saturated rings. The van der Waals surface area contributed by atoms with E-state index in [1.807, 2.05) is 11.9 Å². The summed E-state index contributed by atoms with van der Waals surface area (Å²) in [6.45, 7) is 4.57. The van der Waals surface area contributed by atoms with Crippen LogP contribution in [0.2, 0.25) is 5.28 Å². The maximum Gasteiger partial charge on any atom is 0.224 e. The lowest BCUT2D eigenvalue weighted by atomic mass is 9.75. The van der Waals surface area contributed by atoms with Gasteiger partial charge < -0.3 is 4.90 Å². The van der Waals surface area contributed by atoms with Crippen molar-refractivity contribution in [1.82, 2.24) is 9.97 Å². The number of hydrogen-bond donors (Lipinski definition) is 0. The van der Waals surface area contributed by atoms with E-state index >= 15 is 0 Å². The lowest BCUT2D eigenvalue weighted by Gasteiger charge is -2.39. The molecule has 5 heteroatoms. The quantitative estimate of drug-likeness (QED) is 0.769. The molecule has 0 spiro atoms. The van der Waals surface area contributed by atoms with Crippen molar-refractivity contribution < 1.29 is 4.39 Å². The smallest absolute Gasteiger partial charge is 0.224 e. The maximum atomic E-state index is 13.7. The fraction of sp³-hybridized carbons (Fsp3) is 0.692. The molecule has 18 heavy (non-hydrogen) atoms. The van der Waals surface area contributed by atoms with Crippen LogP contribution in [0.3, 0.4) is 0 Å². The maximum absolute atomic E-state index is 13.7. The second-order valence-electron chi connectivity index (χ2n) is 5.82. The molecule has 0 atom stereocenters. The van der Waals surface area contributed by atoms with E-state index < -0.39 is 5.82 Å². The average Bonchev–Trinajstić information content (AvgIpc) is 2.31. The van der Waals surface area contributed by atoms with Crippen LogP contribution in [0.15, 0.2) is 6.20 Å². The summed E-state index contributed by atoms with van der Waals surface area (Å²) in [4.78, 5) is 9.53. The van der Waals surface area contributed by atoms with Crippen molar-refractivity contribution in [3.05, 3.63) is 17.3 Å². The Kier molecular flexibility index (Phi) is 3.76. The summed E-state index contributed by atoms with van der Waals surface area (Å²) in [6.07, 6.45) is 5.56. The summed E-state index contributed by atoms with van der Waals surface area (Å²) in [7, 11) is 1.88. The Morgan fingerprint density at radius 3 is 2.61 bits per heavy atom. The van der Waals surface area contributed by atoms with Gasteiger partial charge in [0.1, 0.15) is 0 Å². The van der Waals surface area contributed by atoms with Crippen molar-refractivity contribution in [2.75, 3.05) is 11.9 Å². The molecule has 0 saturated heterocycles. The van der Waals surface area contributed by atoms with Gasteiger partial charge in [0.15, 0.2) is 11.6 Å². The molecule has 3 nitrogen and oxygen atoms in total. The van der Waals surface area contributed by atoms with Gasteiger partial charge >= 0.3 is 0 Å².